The van der Waals surface area contributed by atoms with Gasteiger partial charge < -0.3 is 9.79 Å². The lowest BCUT2D eigenvalue weighted by Crippen LogP contribution is -2.25. The van der Waals surface area contributed by atoms with Crippen molar-refractivity contribution in [2.45, 2.75) is 52.4 Å². The van der Waals surface area contributed by atoms with Gasteiger partial charge in [0.1, 0.15) is 0 Å². The van der Waals surface area contributed by atoms with Crippen molar-refractivity contribution in [3.63, 3.8) is 0 Å². The second-order valence-corrected chi connectivity index (χ2v) is 8.35. The van der Waals surface area contributed by atoms with Crippen LogP contribution in [0.15, 0.2) is 18.2 Å². The normalized spacial score (nSPS) is 13.1. The fourth-order valence-electron chi connectivity index (χ4n) is 1.86. The molecule has 3 nitrogen and oxygen atoms in total. The Bertz CT molecular complexity index is 492. The highest BCUT2D eigenvalue weighted by Crippen LogP contribution is 2.39. The molecular weight excluding hydrogens is 274 g/mol. The SMILES string of the molecule is CC(C)(C)c1ccc(P(=O)(O)O)c(C(C)(C)C)c1.[Al]. The summed E-state index contributed by atoms with van der Waals surface area (Å²) in [5.41, 5.74) is 1.48. The van der Waals surface area contributed by atoms with Gasteiger partial charge in [-0.3, -0.25) is 4.57 Å². The minimum atomic E-state index is -4.22. The van der Waals surface area contributed by atoms with Gasteiger partial charge in [-0.25, -0.2) is 0 Å². The highest BCUT2D eigenvalue weighted by molar-refractivity contribution is 7.60. The molecule has 0 atom stereocenters. The third kappa shape index (κ3) is 4.74. The van der Waals surface area contributed by atoms with Crippen LogP contribution in [0.5, 0.6) is 0 Å². The fourth-order valence-corrected chi connectivity index (χ4v) is 2.84. The topological polar surface area (TPSA) is 57.5 Å². The number of hydrogen-bond acceptors (Lipinski definition) is 1. The van der Waals surface area contributed by atoms with Crippen LogP contribution in [-0.2, 0) is 15.4 Å². The molecule has 0 aliphatic heterocycles. The molecule has 0 aliphatic carbocycles. The Hall–Kier alpha value is -0.0975. The molecule has 0 unspecified atom stereocenters. The lowest BCUT2D eigenvalue weighted by molar-refractivity contribution is 0.386. The van der Waals surface area contributed by atoms with Gasteiger partial charge in [0.2, 0.25) is 0 Å². The van der Waals surface area contributed by atoms with Crippen LogP contribution in [0.3, 0.4) is 0 Å². The van der Waals surface area contributed by atoms with E-state index in [0.29, 0.717) is 0 Å². The molecule has 0 bridgehead atoms. The average molecular weight is 297 g/mol. The van der Waals surface area contributed by atoms with E-state index in [0.717, 1.165) is 11.1 Å². The minimum absolute atomic E-state index is 0. The molecule has 0 amide bonds. The molecule has 105 valence electrons. The molecule has 0 spiro atoms. The van der Waals surface area contributed by atoms with E-state index < -0.39 is 7.60 Å². The maximum atomic E-state index is 11.6. The van der Waals surface area contributed by atoms with Crippen molar-refractivity contribution in [3.8, 4) is 0 Å². The van der Waals surface area contributed by atoms with E-state index in [2.05, 4.69) is 20.8 Å². The summed E-state index contributed by atoms with van der Waals surface area (Å²) in [5.74, 6) is 0. The first kappa shape index (κ1) is 18.9. The summed E-state index contributed by atoms with van der Waals surface area (Å²) >= 11 is 0. The predicted molar refractivity (Wildman–Crippen MR) is 81.3 cm³/mol. The smallest absolute Gasteiger partial charge is 0.321 e. The highest BCUT2D eigenvalue weighted by atomic mass is 31.2. The van der Waals surface area contributed by atoms with Crippen LogP contribution in [0.1, 0.15) is 52.7 Å². The van der Waals surface area contributed by atoms with Crippen molar-refractivity contribution >= 4 is 30.3 Å². The Labute approximate surface area is 126 Å². The van der Waals surface area contributed by atoms with Gasteiger partial charge in [-0.05, 0) is 28.0 Å². The summed E-state index contributed by atoms with van der Waals surface area (Å²) in [6.07, 6.45) is 0. The third-order valence-electron chi connectivity index (χ3n) is 2.98. The maximum Gasteiger partial charge on any atom is 0.356 e. The Balaban J connectivity index is 0.00000324. The third-order valence-corrected chi connectivity index (χ3v) is 4.00. The molecule has 0 fully saturated rings. The summed E-state index contributed by atoms with van der Waals surface area (Å²) in [4.78, 5) is 18.9. The lowest BCUT2D eigenvalue weighted by Gasteiger charge is -2.27. The van der Waals surface area contributed by atoms with Crippen LogP contribution in [0.4, 0.5) is 0 Å². The Kier molecular flexibility index (Phi) is 5.69. The van der Waals surface area contributed by atoms with Crippen LogP contribution in [-0.4, -0.2) is 27.1 Å². The van der Waals surface area contributed by atoms with E-state index >= 15 is 0 Å². The summed E-state index contributed by atoms with van der Waals surface area (Å²) in [5, 5.41) is 0.142. The number of benzene rings is 1. The standard InChI is InChI=1S/C14H23O3P.Al/c1-13(2,3)10-7-8-12(18(15,16)17)11(9-10)14(4,5)6;/h7-9H,1-6H3,(H2,15,16,17);. The molecule has 0 aliphatic rings. The van der Waals surface area contributed by atoms with Crippen LogP contribution in [0, 0.1) is 0 Å². The first-order valence-electron chi connectivity index (χ1n) is 6.04. The van der Waals surface area contributed by atoms with Gasteiger partial charge in [-0.15, -0.1) is 0 Å². The van der Waals surface area contributed by atoms with Crippen LogP contribution >= 0.6 is 7.60 Å². The molecule has 0 heterocycles. The summed E-state index contributed by atoms with van der Waals surface area (Å²) in [6, 6.07) is 5.31. The number of rotatable bonds is 1. The molecule has 0 saturated heterocycles. The zero-order valence-corrected chi connectivity index (χ0v) is 14.6. The quantitative estimate of drug-likeness (QED) is 0.619. The van der Waals surface area contributed by atoms with Gasteiger partial charge in [-0.1, -0.05) is 53.7 Å². The molecule has 0 aromatic heterocycles. The van der Waals surface area contributed by atoms with E-state index in [-0.39, 0.29) is 33.5 Å². The molecular formula is C14H23AlO3P. The van der Waals surface area contributed by atoms with E-state index in [1.807, 2.05) is 32.9 Å². The minimum Gasteiger partial charge on any atom is -0.321 e. The second kappa shape index (κ2) is 5.72. The van der Waals surface area contributed by atoms with Gasteiger partial charge in [0.15, 0.2) is 0 Å². The summed E-state index contributed by atoms with van der Waals surface area (Å²) in [7, 11) is -4.22. The molecule has 2 N–H and O–H groups in total. The molecule has 1 aromatic carbocycles. The Morgan fingerprint density at radius 1 is 0.947 bits per heavy atom. The van der Waals surface area contributed by atoms with Gasteiger partial charge in [-0.2, -0.15) is 0 Å². The van der Waals surface area contributed by atoms with Gasteiger partial charge in [0.25, 0.3) is 0 Å². The van der Waals surface area contributed by atoms with Gasteiger partial charge >= 0.3 is 7.60 Å². The van der Waals surface area contributed by atoms with E-state index in [9.17, 15) is 14.4 Å². The zero-order valence-electron chi connectivity index (χ0n) is 12.6. The van der Waals surface area contributed by atoms with E-state index in [1.165, 1.54) is 0 Å². The van der Waals surface area contributed by atoms with Gasteiger partial charge in [0.05, 0.1) is 5.30 Å². The van der Waals surface area contributed by atoms with Crippen molar-refractivity contribution in [3.05, 3.63) is 29.3 Å². The lowest BCUT2D eigenvalue weighted by atomic mass is 9.81. The molecule has 19 heavy (non-hydrogen) atoms. The van der Waals surface area contributed by atoms with E-state index in [1.54, 1.807) is 6.07 Å². The molecule has 1 rings (SSSR count). The van der Waals surface area contributed by atoms with Crippen molar-refractivity contribution in [2.24, 2.45) is 0 Å². The first-order valence-corrected chi connectivity index (χ1v) is 7.66. The molecule has 3 radical (unpaired) electrons. The van der Waals surface area contributed by atoms with Crippen LogP contribution in [0.25, 0.3) is 0 Å². The molecule has 1 aromatic rings. The predicted octanol–water partition coefficient (Wildman–Crippen LogP) is 2.70. The summed E-state index contributed by atoms with van der Waals surface area (Å²) < 4.78 is 11.6. The van der Waals surface area contributed by atoms with Crippen molar-refractivity contribution in [1.82, 2.24) is 0 Å². The average Bonchev–Trinajstić information content (AvgIpc) is 2.12. The monoisotopic (exact) mass is 297 g/mol. The van der Waals surface area contributed by atoms with Crippen molar-refractivity contribution in [1.29, 1.82) is 0 Å². The van der Waals surface area contributed by atoms with Crippen LogP contribution < -0.4 is 5.30 Å². The van der Waals surface area contributed by atoms with Crippen molar-refractivity contribution in [2.75, 3.05) is 0 Å². The summed E-state index contributed by atoms with van der Waals surface area (Å²) in [6.45, 7) is 12.2. The maximum absolute atomic E-state index is 11.6. The second-order valence-electron chi connectivity index (χ2n) is 6.78. The first-order chi connectivity index (χ1) is 7.83. The molecule has 0 saturated carbocycles. The molecule has 5 heteroatoms. The number of hydrogen-bond donors (Lipinski definition) is 2. The van der Waals surface area contributed by atoms with Crippen LogP contribution in [0.2, 0.25) is 0 Å². The Morgan fingerprint density at radius 2 is 1.42 bits per heavy atom. The van der Waals surface area contributed by atoms with E-state index in [4.69, 9.17) is 0 Å². The van der Waals surface area contributed by atoms with Gasteiger partial charge in [0, 0.05) is 17.4 Å². The largest absolute Gasteiger partial charge is 0.356 e. The highest BCUT2D eigenvalue weighted by Gasteiger charge is 2.29. The Morgan fingerprint density at radius 3 is 1.74 bits per heavy atom. The van der Waals surface area contributed by atoms with Crippen molar-refractivity contribution < 1.29 is 14.4 Å². The fraction of sp³-hybridized carbons (Fsp3) is 0.571. The zero-order chi connectivity index (χ0) is 14.4.